The SMILES string of the molecule is COc1ccc(C(P)(c2ccc(OC)cc2)c2ccc(OC)cc2)cc1. The molecular formula is C22H23O3P. The fraction of sp³-hybridized carbons (Fsp3) is 0.182. The molecule has 0 aliphatic heterocycles. The van der Waals surface area contributed by atoms with Gasteiger partial charge in [-0.25, -0.2) is 0 Å². The van der Waals surface area contributed by atoms with Crippen molar-refractivity contribution in [3.05, 3.63) is 89.5 Å². The molecule has 0 aliphatic carbocycles. The first-order valence-corrected chi connectivity index (χ1v) is 8.92. The lowest BCUT2D eigenvalue weighted by atomic mass is 9.84. The monoisotopic (exact) mass is 366 g/mol. The minimum Gasteiger partial charge on any atom is -0.497 e. The maximum Gasteiger partial charge on any atom is 0.118 e. The van der Waals surface area contributed by atoms with Gasteiger partial charge in [0.05, 0.1) is 26.5 Å². The Labute approximate surface area is 157 Å². The topological polar surface area (TPSA) is 27.7 Å². The van der Waals surface area contributed by atoms with E-state index in [-0.39, 0.29) is 0 Å². The Morgan fingerprint density at radius 2 is 0.731 bits per heavy atom. The summed E-state index contributed by atoms with van der Waals surface area (Å²) in [7, 11) is 8.06. The van der Waals surface area contributed by atoms with Crippen molar-refractivity contribution < 1.29 is 14.2 Å². The van der Waals surface area contributed by atoms with E-state index >= 15 is 0 Å². The van der Waals surface area contributed by atoms with Gasteiger partial charge < -0.3 is 14.2 Å². The number of rotatable bonds is 6. The predicted molar refractivity (Wildman–Crippen MR) is 109 cm³/mol. The molecule has 0 spiro atoms. The third kappa shape index (κ3) is 3.40. The molecule has 3 rings (SSSR count). The van der Waals surface area contributed by atoms with Gasteiger partial charge >= 0.3 is 0 Å². The molecule has 0 radical (unpaired) electrons. The van der Waals surface area contributed by atoms with E-state index < -0.39 is 5.16 Å². The quantitative estimate of drug-likeness (QED) is 0.460. The van der Waals surface area contributed by atoms with Crippen molar-refractivity contribution >= 4 is 9.24 Å². The molecule has 26 heavy (non-hydrogen) atoms. The first-order valence-electron chi connectivity index (χ1n) is 8.34. The van der Waals surface area contributed by atoms with Crippen LogP contribution in [0.2, 0.25) is 0 Å². The molecule has 0 fully saturated rings. The molecular weight excluding hydrogens is 343 g/mol. The van der Waals surface area contributed by atoms with Crippen molar-refractivity contribution in [1.82, 2.24) is 0 Å². The van der Waals surface area contributed by atoms with Gasteiger partial charge in [0, 0.05) is 0 Å². The van der Waals surface area contributed by atoms with Crippen molar-refractivity contribution in [2.75, 3.05) is 21.3 Å². The summed E-state index contributed by atoms with van der Waals surface area (Å²) in [5.74, 6) is 2.52. The second kappa shape index (κ2) is 7.80. The molecule has 1 unspecified atom stereocenters. The van der Waals surface area contributed by atoms with E-state index in [1.807, 2.05) is 36.4 Å². The van der Waals surface area contributed by atoms with Crippen LogP contribution in [0.15, 0.2) is 72.8 Å². The van der Waals surface area contributed by atoms with Crippen LogP contribution in [-0.2, 0) is 5.16 Å². The van der Waals surface area contributed by atoms with Gasteiger partial charge in [-0.3, -0.25) is 0 Å². The van der Waals surface area contributed by atoms with E-state index in [0.29, 0.717) is 0 Å². The Morgan fingerprint density at radius 3 is 0.923 bits per heavy atom. The maximum atomic E-state index is 5.31. The van der Waals surface area contributed by atoms with Crippen molar-refractivity contribution in [3.63, 3.8) is 0 Å². The van der Waals surface area contributed by atoms with Crippen LogP contribution in [0.1, 0.15) is 16.7 Å². The standard InChI is InChI=1S/C22H23O3P/c1-23-19-10-4-16(5-11-19)22(26,17-6-12-20(24-2)13-7-17)18-8-14-21(25-3)15-9-18/h4-15H,26H2,1-3H3. The smallest absolute Gasteiger partial charge is 0.118 e. The molecule has 0 aliphatic rings. The summed E-state index contributed by atoms with van der Waals surface area (Å²) in [6.45, 7) is 0. The lowest BCUT2D eigenvalue weighted by Crippen LogP contribution is -2.21. The molecule has 0 amide bonds. The molecule has 0 heterocycles. The Morgan fingerprint density at radius 1 is 0.500 bits per heavy atom. The highest BCUT2D eigenvalue weighted by atomic mass is 31.0. The number of hydrogen-bond acceptors (Lipinski definition) is 3. The summed E-state index contributed by atoms with van der Waals surface area (Å²) in [5, 5.41) is -0.398. The summed E-state index contributed by atoms with van der Waals surface area (Å²) in [5.41, 5.74) is 3.45. The van der Waals surface area contributed by atoms with Gasteiger partial charge in [-0.2, -0.15) is 0 Å². The number of ether oxygens (including phenoxy) is 3. The van der Waals surface area contributed by atoms with Gasteiger partial charge in [-0.1, -0.05) is 36.4 Å². The van der Waals surface area contributed by atoms with Crippen molar-refractivity contribution in [3.8, 4) is 17.2 Å². The lowest BCUT2D eigenvalue weighted by molar-refractivity contribution is 0.414. The van der Waals surface area contributed by atoms with E-state index in [0.717, 1.165) is 33.9 Å². The second-order valence-corrected chi connectivity index (χ2v) is 6.86. The fourth-order valence-electron chi connectivity index (χ4n) is 3.06. The zero-order valence-corrected chi connectivity index (χ0v) is 16.4. The van der Waals surface area contributed by atoms with Crippen LogP contribution in [0.3, 0.4) is 0 Å². The first kappa shape index (κ1) is 18.3. The van der Waals surface area contributed by atoms with Gasteiger partial charge in [-0.15, -0.1) is 9.24 Å². The van der Waals surface area contributed by atoms with Crippen LogP contribution in [0.4, 0.5) is 0 Å². The van der Waals surface area contributed by atoms with Gasteiger partial charge in [0.1, 0.15) is 17.2 Å². The van der Waals surface area contributed by atoms with E-state index in [1.165, 1.54) is 0 Å². The van der Waals surface area contributed by atoms with Crippen LogP contribution in [-0.4, -0.2) is 21.3 Å². The highest BCUT2D eigenvalue weighted by Gasteiger charge is 2.31. The molecule has 0 saturated carbocycles. The van der Waals surface area contributed by atoms with Crippen LogP contribution in [0, 0.1) is 0 Å². The molecule has 4 heteroatoms. The first-order chi connectivity index (χ1) is 12.6. The van der Waals surface area contributed by atoms with Crippen molar-refractivity contribution in [2.45, 2.75) is 5.16 Å². The Bertz CT molecular complexity index is 724. The second-order valence-electron chi connectivity index (χ2n) is 5.99. The molecule has 0 bridgehead atoms. The lowest BCUT2D eigenvalue weighted by Gasteiger charge is -2.32. The van der Waals surface area contributed by atoms with Crippen LogP contribution >= 0.6 is 9.24 Å². The van der Waals surface area contributed by atoms with Crippen LogP contribution in [0.5, 0.6) is 17.2 Å². The number of benzene rings is 3. The summed E-state index contributed by atoms with van der Waals surface area (Å²) in [4.78, 5) is 0. The average molecular weight is 366 g/mol. The molecule has 3 aromatic rings. The molecule has 0 N–H and O–H groups in total. The third-order valence-corrected chi connectivity index (χ3v) is 5.64. The zero-order chi connectivity index (χ0) is 18.6. The molecule has 134 valence electrons. The summed E-state index contributed by atoms with van der Waals surface area (Å²) in [6, 6.07) is 24.5. The maximum absolute atomic E-state index is 5.31. The van der Waals surface area contributed by atoms with Gasteiger partial charge in [-0.05, 0) is 53.1 Å². The predicted octanol–water partition coefficient (Wildman–Crippen LogP) is 4.88. The minimum absolute atomic E-state index is 0.398. The highest BCUT2D eigenvalue weighted by molar-refractivity contribution is 7.19. The van der Waals surface area contributed by atoms with Crippen molar-refractivity contribution in [1.29, 1.82) is 0 Å². The van der Waals surface area contributed by atoms with Crippen LogP contribution in [0.25, 0.3) is 0 Å². The summed E-state index contributed by atoms with van der Waals surface area (Å²) in [6.07, 6.45) is 0. The van der Waals surface area contributed by atoms with E-state index in [9.17, 15) is 0 Å². The third-order valence-electron chi connectivity index (χ3n) is 4.64. The largest absolute Gasteiger partial charge is 0.497 e. The highest BCUT2D eigenvalue weighted by Crippen LogP contribution is 2.46. The fourth-order valence-corrected chi connectivity index (χ4v) is 3.64. The summed E-state index contributed by atoms with van der Waals surface area (Å²) >= 11 is 0. The van der Waals surface area contributed by atoms with Crippen molar-refractivity contribution in [2.24, 2.45) is 0 Å². The van der Waals surface area contributed by atoms with E-state index in [1.54, 1.807) is 21.3 Å². The zero-order valence-electron chi connectivity index (χ0n) is 15.2. The van der Waals surface area contributed by atoms with Crippen LogP contribution < -0.4 is 14.2 Å². The average Bonchev–Trinajstić information content (AvgIpc) is 2.73. The van der Waals surface area contributed by atoms with Gasteiger partial charge in [0.25, 0.3) is 0 Å². The summed E-state index contributed by atoms with van der Waals surface area (Å²) < 4.78 is 15.9. The van der Waals surface area contributed by atoms with Gasteiger partial charge in [0.15, 0.2) is 0 Å². The van der Waals surface area contributed by atoms with E-state index in [4.69, 9.17) is 14.2 Å². The molecule has 0 aromatic heterocycles. The molecule has 3 nitrogen and oxygen atoms in total. The molecule has 0 saturated heterocycles. The Hall–Kier alpha value is -2.51. The molecule has 1 atom stereocenters. The molecule has 3 aromatic carbocycles. The van der Waals surface area contributed by atoms with Gasteiger partial charge in [0.2, 0.25) is 0 Å². The van der Waals surface area contributed by atoms with E-state index in [2.05, 4.69) is 45.6 Å². The Balaban J connectivity index is 2.15. The number of methoxy groups -OCH3 is 3. The minimum atomic E-state index is -0.398. The Kier molecular flexibility index (Phi) is 5.49. The number of hydrogen-bond donors (Lipinski definition) is 0. The normalized spacial score (nSPS) is 11.1.